The molecule has 2 rings (SSSR count). The van der Waals surface area contributed by atoms with Crippen LogP contribution in [0.1, 0.15) is 35.3 Å². The summed E-state index contributed by atoms with van der Waals surface area (Å²) in [4.78, 5) is 14.5. The van der Waals surface area contributed by atoms with E-state index >= 15 is 0 Å². The molecule has 0 aliphatic carbocycles. The molecule has 0 radical (unpaired) electrons. The van der Waals surface area contributed by atoms with E-state index in [0.717, 1.165) is 5.75 Å². The highest BCUT2D eigenvalue weighted by Gasteiger charge is 2.15. The van der Waals surface area contributed by atoms with Crippen LogP contribution in [0, 0.1) is 6.92 Å². The lowest BCUT2D eigenvalue weighted by Gasteiger charge is -2.22. The third-order valence-corrected chi connectivity index (χ3v) is 3.70. The second kappa shape index (κ2) is 7.64. The molecule has 2 aromatic rings. The molecule has 0 unspecified atom stereocenters. The lowest BCUT2D eigenvalue weighted by atomic mass is 10.1. The Balaban J connectivity index is 2.13. The summed E-state index contributed by atoms with van der Waals surface area (Å²) in [5.74, 6) is 0.842. The first-order valence-corrected chi connectivity index (χ1v) is 7.72. The van der Waals surface area contributed by atoms with Crippen molar-refractivity contribution in [3.8, 4) is 5.75 Å². The van der Waals surface area contributed by atoms with Crippen molar-refractivity contribution < 1.29 is 9.53 Å². The molecule has 0 aromatic heterocycles. The smallest absolute Gasteiger partial charge is 0.254 e. The predicted octanol–water partition coefficient (Wildman–Crippen LogP) is 4.06. The number of amides is 1. The molecule has 0 aliphatic rings. The van der Waals surface area contributed by atoms with Gasteiger partial charge in [0.25, 0.3) is 5.91 Å². The Morgan fingerprint density at radius 3 is 2.32 bits per heavy atom. The predicted molar refractivity (Wildman–Crippen MR) is 89.2 cm³/mol. The highest BCUT2D eigenvalue weighted by Crippen LogP contribution is 2.16. The lowest BCUT2D eigenvalue weighted by Crippen LogP contribution is -2.30. The molecule has 0 saturated heterocycles. The van der Waals surface area contributed by atoms with Crippen molar-refractivity contribution in [3.05, 3.63) is 65.2 Å². The third-order valence-electron chi connectivity index (χ3n) is 3.70. The molecular formula is C19H23NO2. The molecule has 0 bridgehead atoms. The van der Waals surface area contributed by atoms with E-state index in [-0.39, 0.29) is 5.91 Å². The Morgan fingerprint density at radius 2 is 1.73 bits per heavy atom. The highest BCUT2D eigenvalue weighted by atomic mass is 16.5. The van der Waals surface area contributed by atoms with Crippen molar-refractivity contribution >= 4 is 5.91 Å². The van der Waals surface area contributed by atoms with Crippen LogP contribution in [-0.2, 0) is 6.54 Å². The zero-order chi connectivity index (χ0) is 15.9. The van der Waals surface area contributed by atoms with Crippen LogP contribution < -0.4 is 4.74 Å². The van der Waals surface area contributed by atoms with Crippen molar-refractivity contribution in [1.29, 1.82) is 0 Å². The second-order valence-electron chi connectivity index (χ2n) is 5.20. The second-order valence-corrected chi connectivity index (χ2v) is 5.20. The SMILES string of the molecule is CCOc1ccc(C(=O)N(CC)Cc2ccccc2C)cc1. The number of hydrogen-bond acceptors (Lipinski definition) is 2. The van der Waals surface area contributed by atoms with Gasteiger partial charge >= 0.3 is 0 Å². The quantitative estimate of drug-likeness (QED) is 0.805. The van der Waals surface area contributed by atoms with E-state index < -0.39 is 0 Å². The Hall–Kier alpha value is -2.29. The van der Waals surface area contributed by atoms with Gasteiger partial charge in [-0.2, -0.15) is 0 Å². The van der Waals surface area contributed by atoms with Gasteiger partial charge in [0, 0.05) is 18.7 Å². The van der Waals surface area contributed by atoms with E-state index in [1.54, 1.807) is 0 Å². The number of nitrogens with zero attached hydrogens (tertiary/aromatic N) is 1. The minimum Gasteiger partial charge on any atom is -0.494 e. The molecule has 116 valence electrons. The molecule has 0 fully saturated rings. The van der Waals surface area contributed by atoms with Gasteiger partial charge < -0.3 is 9.64 Å². The number of carbonyl (C=O) groups excluding carboxylic acids is 1. The number of carbonyl (C=O) groups is 1. The van der Waals surface area contributed by atoms with E-state index in [0.29, 0.717) is 25.3 Å². The van der Waals surface area contributed by atoms with Gasteiger partial charge in [-0.25, -0.2) is 0 Å². The van der Waals surface area contributed by atoms with Crippen molar-refractivity contribution in [2.75, 3.05) is 13.2 Å². The van der Waals surface area contributed by atoms with Gasteiger partial charge in [0.2, 0.25) is 0 Å². The molecule has 3 nitrogen and oxygen atoms in total. The molecule has 0 atom stereocenters. The van der Waals surface area contributed by atoms with Crippen LogP contribution in [-0.4, -0.2) is 24.0 Å². The van der Waals surface area contributed by atoms with Crippen LogP contribution in [0.5, 0.6) is 5.75 Å². The first-order chi connectivity index (χ1) is 10.7. The summed E-state index contributed by atoms with van der Waals surface area (Å²) in [6.45, 7) is 7.96. The van der Waals surface area contributed by atoms with Gasteiger partial charge in [-0.1, -0.05) is 24.3 Å². The van der Waals surface area contributed by atoms with Gasteiger partial charge in [0.05, 0.1) is 6.61 Å². The minimum absolute atomic E-state index is 0.0498. The molecule has 22 heavy (non-hydrogen) atoms. The van der Waals surface area contributed by atoms with Gasteiger partial charge in [0.1, 0.15) is 5.75 Å². The largest absolute Gasteiger partial charge is 0.494 e. The Morgan fingerprint density at radius 1 is 1.05 bits per heavy atom. The van der Waals surface area contributed by atoms with Gasteiger partial charge in [-0.05, 0) is 56.2 Å². The highest BCUT2D eigenvalue weighted by molar-refractivity contribution is 5.94. The number of benzene rings is 2. The molecule has 0 N–H and O–H groups in total. The van der Waals surface area contributed by atoms with Crippen LogP contribution in [0.3, 0.4) is 0 Å². The monoisotopic (exact) mass is 297 g/mol. The molecule has 1 amide bonds. The summed E-state index contributed by atoms with van der Waals surface area (Å²) in [6.07, 6.45) is 0. The number of aryl methyl sites for hydroxylation is 1. The Labute approximate surface area is 132 Å². The van der Waals surface area contributed by atoms with E-state index in [4.69, 9.17) is 4.74 Å². The van der Waals surface area contributed by atoms with Crippen molar-refractivity contribution in [2.24, 2.45) is 0 Å². The maximum Gasteiger partial charge on any atom is 0.254 e. The lowest BCUT2D eigenvalue weighted by molar-refractivity contribution is 0.0752. The minimum atomic E-state index is 0.0498. The fraction of sp³-hybridized carbons (Fsp3) is 0.316. The normalized spacial score (nSPS) is 10.3. The van der Waals surface area contributed by atoms with Crippen LogP contribution in [0.2, 0.25) is 0 Å². The molecular weight excluding hydrogens is 274 g/mol. The summed E-state index contributed by atoms with van der Waals surface area (Å²) >= 11 is 0. The summed E-state index contributed by atoms with van der Waals surface area (Å²) < 4.78 is 5.41. The third kappa shape index (κ3) is 3.88. The number of ether oxygens (including phenoxy) is 1. The van der Waals surface area contributed by atoms with Crippen LogP contribution in [0.4, 0.5) is 0 Å². The average molecular weight is 297 g/mol. The van der Waals surface area contributed by atoms with Gasteiger partial charge in [-0.3, -0.25) is 4.79 Å². The van der Waals surface area contributed by atoms with Crippen LogP contribution >= 0.6 is 0 Å². The first kappa shape index (κ1) is 16.1. The van der Waals surface area contributed by atoms with Crippen molar-refractivity contribution in [3.63, 3.8) is 0 Å². The van der Waals surface area contributed by atoms with Crippen molar-refractivity contribution in [1.82, 2.24) is 4.90 Å². The fourth-order valence-electron chi connectivity index (χ4n) is 2.36. The zero-order valence-corrected chi connectivity index (χ0v) is 13.5. The Bertz CT molecular complexity index is 620. The van der Waals surface area contributed by atoms with E-state index in [1.165, 1.54) is 11.1 Å². The summed E-state index contributed by atoms with van der Waals surface area (Å²) in [7, 11) is 0. The summed E-state index contributed by atoms with van der Waals surface area (Å²) in [5.41, 5.74) is 3.09. The first-order valence-electron chi connectivity index (χ1n) is 7.72. The van der Waals surface area contributed by atoms with Crippen LogP contribution in [0.15, 0.2) is 48.5 Å². The number of hydrogen-bond donors (Lipinski definition) is 0. The topological polar surface area (TPSA) is 29.5 Å². The molecule has 0 heterocycles. The molecule has 0 saturated carbocycles. The van der Waals surface area contributed by atoms with E-state index in [1.807, 2.05) is 55.1 Å². The van der Waals surface area contributed by atoms with E-state index in [9.17, 15) is 4.79 Å². The summed E-state index contributed by atoms with van der Waals surface area (Å²) in [6, 6.07) is 15.5. The molecule has 0 spiro atoms. The van der Waals surface area contributed by atoms with Crippen LogP contribution in [0.25, 0.3) is 0 Å². The standard InChI is InChI=1S/C19H23NO2/c1-4-20(14-17-9-7-6-8-15(17)3)19(21)16-10-12-18(13-11-16)22-5-2/h6-13H,4-5,14H2,1-3H3. The van der Waals surface area contributed by atoms with Crippen molar-refractivity contribution in [2.45, 2.75) is 27.3 Å². The average Bonchev–Trinajstić information content (AvgIpc) is 2.54. The molecule has 3 heteroatoms. The Kier molecular flexibility index (Phi) is 5.59. The maximum atomic E-state index is 12.6. The number of rotatable bonds is 6. The van der Waals surface area contributed by atoms with Gasteiger partial charge in [0.15, 0.2) is 0 Å². The summed E-state index contributed by atoms with van der Waals surface area (Å²) in [5, 5.41) is 0. The van der Waals surface area contributed by atoms with Gasteiger partial charge in [-0.15, -0.1) is 0 Å². The maximum absolute atomic E-state index is 12.6. The molecule has 0 aliphatic heterocycles. The zero-order valence-electron chi connectivity index (χ0n) is 13.5. The fourth-order valence-corrected chi connectivity index (χ4v) is 2.36. The van der Waals surface area contributed by atoms with E-state index in [2.05, 4.69) is 19.1 Å². The molecule has 2 aromatic carbocycles.